The number of ether oxygens (including phenoxy) is 1. The standard InChI is InChI=1S/C19H22N2O2S/c1-24-17-6-2-4-15(12-17)19(22)21-18(14-7-10-23-11-8-14)16-5-3-9-20-13-16/h2-6,9,12-14,18H,7-8,10-11H2,1H3,(H,21,22). The van der Waals surface area contributed by atoms with Crippen molar-refractivity contribution >= 4 is 17.7 Å². The van der Waals surface area contributed by atoms with Crippen LogP contribution in [0.25, 0.3) is 0 Å². The summed E-state index contributed by atoms with van der Waals surface area (Å²) in [6.45, 7) is 1.50. The highest BCUT2D eigenvalue weighted by Gasteiger charge is 2.27. The van der Waals surface area contributed by atoms with Crippen LogP contribution in [-0.2, 0) is 4.74 Å². The van der Waals surface area contributed by atoms with Gasteiger partial charge in [0.25, 0.3) is 5.91 Å². The van der Waals surface area contributed by atoms with E-state index in [4.69, 9.17) is 4.74 Å². The Hall–Kier alpha value is -1.85. The summed E-state index contributed by atoms with van der Waals surface area (Å²) >= 11 is 1.64. The molecule has 1 saturated heterocycles. The van der Waals surface area contributed by atoms with Gasteiger partial charge in [-0.3, -0.25) is 9.78 Å². The Bertz CT molecular complexity index is 672. The van der Waals surface area contributed by atoms with Crippen molar-refractivity contribution in [3.63, 3.8) is 0 Å². The summed E-state index contributed by atoms with van der Waals surface area (Å²) in [7, 11) is 0. The Labute approximate surface area is 147 Å². The van der Waals surface area contributed by atoms with Gasteiger partial charge in [-0.15, -0.1) is 11.8 Å². The number of amides is 1. The quantitative estimate of drug-likeness (QED) is 0.842. The molecule has 3 rings (SSSR count). The zero-order valence-electron chi connectivity index (χ0n) is 13.8. The van der Waals surface area contributed by atoms with Crippen LogP contribution in [0, 0.1) is 5.92 Å². The Morgan fingerprint density at radius 3 is 2.83 bits per heavy atom. The van der Waals surface area contributed by atoms with E-state index >= 15 is 0 Å². The zero-order valence-corrected chi connectivity index (χ0v) is 14.6. The Morgan fingerprint density at radius 1 is 1.29 bits per heavy atom. The molecular formula is C19H22N2O2S. The lowest BCUT2D eigenvalue weighted by molar-refractivity contribution is 0.0513. The minimum absolute atomic E-state index is 0.0342. The number of nitrogens with zero attached hydrogens (tertiary/aromatic N) is 1. The van der Waals surface area contributed by atoms with Gasteiger partial charge < -0.3 is 10.1 Å². The Morgan fingerprint density at radius 2 is 2.12 bits per heavy atom. The van der Waals surface area contributed by atoms with E-state index in [-0.39, 0.29) is 11.9 Å². The molecule has 0 spiro atoms. The van der Waals surface area contributed by atoms with Gasteiger partial charge in [0, 0.05) is 36.1 Å². The zero-order chi connectivity index (χ0) is 16.8. The number of rotatable bonds is 5. The normalized spacial score (nSPS) is 16.5. The molecule has 1 N–H and O–H groups in total. The van der Waals surface area contributed by atoms with Crippen LogP contribution < -0.4 is 5.32 Å². The summed E-state index contributed by atoms with van der Waals surface area (Å²) in [5.41, 5.74) is 1.75. The van der Waals surface area contributed by atoms with Crippen LogP contribution in [-0.4, -0.2) is 30.4 Å². The minimum atomic E-state index is -0.0359. The first kappa shape index (κ1) is 17.0. The number of aromatic nitrogens is 1. The number of benzene rings is 1. The second-order valence-electron chi connectivity index (χ2n) is 5.92. The van der Waals surface area contributed by atoms with Crippen molar-refractivity contribution in [2.75, 3.05) is 19.5 Å². The van der Waals surface area contributed by atoms with E-state index in [1.807, 2.05) is 48.9 Å². The highest BCUT2D eigenvalue weighted by Crippen LogP contribution is 2.30. The average molecular weight is 342 g/mol. The van der Waals surface area contributed by atoms with Crippen LogP contribution in [0.5, 0.6) is 0 Å². The largest absolute Gasteiger partial charge is 0.381 e. The third-order valence-corrected chi connectivity index (χ3v) is 5.12. The first-order chi connectivity index (χ1) is 11.8. The van der Waals surface area contributed by atoms with Crippen molar-refractivity contribution < 1.29 is 9.53 Å². The van der Waals surface area contributed by atoms with Crippen molar-refractivity contribution in [3.8, 4) is 0 Å². The summed E-state index contributed by atoms with van der Waals surface area (Å²) in [4.78, 5) is 18.1. The van der Waals surface area contributed by atoms with E-state index in [2.05, 4.69) is 10.3 Å². The van der Waals surface area contributed by atoms with E-state index in [1.165, 1.54) is 0 Å². The molecule has 2 heterocycles. The average Bonchev–Trinajstić information content (AvgIpc) is 2.67. The smallest absolute Gasteiger partial charge is 0.251 e. The third kappa shape index (κ3) is 4.16. The lowest BCUT2D eigenvalue weighted by Crippen LogP contribution is -2.36. The summed E-state index contributed by atoms with van der Waals surface area (Å²) in [6, 6.07) is 11.7. The lowest BCUT2D eigenvalue weighted by Gasteiger charge is -2.31. The Balaban J connectivity index is 1.81. The van der Waals surface area contributed by atoms with Gasteiger partial charge in [0.05, 0.1) is 6.04 Å². The number of hydrogen-bond acceptors (Lipinski definition) is 4. The maximum atomic E-state index is 12.8. The van der Waals surface area contributed by atoms with Crippen LogP contribution in [0.4, 0.5) is 0 Å². The molecule has 1 aliphatic heterocycles. The molecule has 0 aliphatic carbocycles. The number of carbonyl (C=O) groups is 1. The predicted octanol–water partition coefficient (Wildman–Crippen LogP) is 3.70. The van der Waals surface area contributed by atoms with Crippen molar-refractivity contribution in [1.82, 2.24) is 10.3 Å². The van der Waals surface area contributed by atoms with Gasteiger partial charge in [0.15, 0.2) is 0 Å². The second kappa shape index (κ2) is 8.31. The molecule has 1 fully saturated rings. The molecule has 0 radical (unpaired) electrons. The van der Waals surface area contributed by atoms with Crippen molar-refractivity contribution in [2.24, 2.45) is 5.92 Å². The molecule has 24 heavy (non-hydrogen) atoms. The number of carbonyl (C=O) groups excluding carboxylic acids is 1. The van der Waals surface area contributed by atoms with Crippen LogP contribution in [0.1, 0.15) is 34.8 Å². The maximum Gasteiger partial charge on any atom is 0.251 e. The van der Waals surface area contributed by atoms with Crippen molar-refractivity contribution in [2.45, 2.75) is 23.8 Å². The molecule has 126 valence electrons. The van der Waals surface area contributed by atoms with Crippen molar-refractivity contribution in [1.29, 1.82) is 0 Å². The fraction of sp³-hybridized carbons (Fsp3) is 0.368. The van der Waals surface area contributed by atoms with E-state index in [9.17, 15) is 4.79 Å². The summed E-state index contributed by atoms with van der Waals surface area (Å²) in [6.07, 6.45) is 7.51. The molecule has 2 aromatic rings. The van der Waals surface area contributed by atoms with Gasteiger partial charge in [-0.25, -0.2) is 0 Å². The topological polar surface area (TPSA) is 51.2 Å². The molecule has 0 saturated carbocycles. The molecule has 1 amide bonds. The second-order valence-corrected chi connectivity index (χ2v) is 6.80. The van der Waals surface area contributed by atoms with Crippen LogP contribution >= 0.6 is 11.8 Å². The molecule has 1 atom stereocenters. The molecule has 5 heteroatoms. The number of nitrogens with one attached hydrogen (secondary N) is 1. The highest BCUT2D eigenvalue weighted by molar-refractivity contribution is 7.98. The van der Waals surface area contributed by atoms with Crippen LogP contribution in [0.2, 0.25) is 0 Å². The third-order valence-electron chi connectivity index (χ3n) is 4.40. The summed E-state index contributed by atoms with van der Waals surface area (Å²) in [5, 5.41) is 3.23. The molecule has 1 aromatic carbocycles. The van der Waals surface area contributed by atoms with E-state index in [1.54, 1.807) is 18.0 Å². The van der Waals surface area contributed by atoms with Gasteiger partial charge >= 0.3 is 0 Å². The SMILES string of the molecule is CSc1cccc(C(=O)NC(c2cccnc2)C2CCOCC2)c1. The molecular weight excluding hydrogens is 320 g/mol. The van der Waals surface area contributed by atoms with Crippen molar-refractivity contribution in [3.05, 3.63) is 59.9 Å². The number of pyridine rings is 1. The molecule has 0 bridgehead atoms. The van der Waals surface area contributed by atoms with Gasteiger partial charge in [-0.1, -0.05) is 12.1 Å². The fourth-order valence-electron chi connectivity index (χ4n) is 3.07. The Kier molecular flexibility index (Phi) is 5.88. The molecule has 1 unspecified atom stereocenters. The molecule has 1 aromatic heterocycles. The predicted molar refractivity (Wildman–Crippen MR) is 96.2 cm³/mol. The van der Waals surface area contributed by atoms with Gasteiger partial charge in [0.2, 0.25) is 0 Å². The first-order valence-electron chi connectivity index (χ1n) is 8.20. The van der Waals surface area contributed by atoms with Gasteiger partial charge in [0.1, 0.15) is 0 Å². The minimum Gasteiger partial charge on any atom is -0.381 e. The van der Waals surface area contributed by atoms with Crippen LogP contribution in [0.3, 0.4) is 0 Å². The maximum absolute atomic E-state index is 12.8. The van der Waals surface area contributed by atoms with E-state index in [0.29, 0.717) is 11.5 Å². The highest BCUT2D eigenvalue weighted by atomic mass is 32.2. The molecule has 1 aliphatic rings. The molecule has 4 nitrogen and oxygen atoms in total. The van der Waals surface area contributed by atoms with E-state index in [0.717, 1.165) is 36.5 Å². The summed E-state index contributed by atoms with van der Waals surface area (Å²) in [5.74, 6) is 0.335. The van der Waals surface area contributed by atoms with E-state index < -0.39 is 0 Å². The number of hydrogen-bond donors (Lipinski definition) is 1. The monoisotopic (exact) mass is 342 g/mol. The van der Waals surface area contributed by atoms with Gasteiger partial charge in [-0.05, 0) is 54.8 Å². The number of thioether (sulfide) groups is 1. The summed E-state index contributed by atoms with van der Waals surface area (Å²) < 4.78 is 5.47. The van der Waals surface area contributed by atoms with Crippen LogP contribution in [0.15, 0.2) is 53.7 Å². The first-order valence-corrected chi connectivity index (χ1v) is 9.43. The van der Waals surface area contributed by atoms with Gasteiger partial charge in [-0.2, -0.15) is 0 Å². The lowest BCUT2D eigenvalue weighted by atomic mass is 9.87. The fourth-order valence-corrected chi connectivity index (χ4v) is 3.53.